The second kappa shape index (κ2) is 5.76. The van der Waals surface area contributed by atoms with Crippen molar-refractivity contribution >= 4 is 0 Å². The van der Waals surface area contributed by atoms with Crippen LogP contribution in [0.2, 0.25) is 0 Å². The van der Waals surface area contributed by atoms with Crippen LogP contribution in [0.4, 0.5) is 0 Å². The Balaban J connectivity index is 2.30. The molecule has 0 unspecified atom stereocenters. The van der Waals surface area contributed by atoms with Crippen molar-refractivity contribution in [3.63, 3.8) is 0 Å². The first kappa shape index (κ1) is 11.2. The van der Waals surface area contributed by atoms with Gasteiger partial charge >= 0.3 is 0 Å². The van der Waals surface area contributed by atoms with Crippen molar-refractivity contribution in [3.8, 4) is 0 Å². The number of hydrogen-bond acceptors (Lipinski definition) is 2. The molecule has 0 fully saturated rings. The first-order valence-electron chi connectivity index (χ1n) is 5.26. The van der Waals surface area contributed by atoms with Gasteiger partial charge in [0.2, 0.25) is 0 Å². The predicted molar refractivity (Wildman–Crippen MR) is 60.0 cm³/mol. The molecule has 0 N–H and O–H groups in total. The summed E-state index contributed by atoms with van der Waals surface area (Å²) in [5, 5.41) is 0. The highest BCUT2D eigenvalue weighted by Crippen LogP contribution is 2.04. The molecule has 14 heavy (non-hydrogen) atoms. The molecule has 0 aliphatic heterocycles. The van der Waals surface area contributed by atoms with Gasteiger partial charge in [0.05, 0.1) is 0 Å². The maximum absolute atomic E-state index is 4.11. The molecule has 1 rings (SSSR count). The minimum atomic E-state index is 0.784. The molecule has 78 valence electrons. The Hall–Kier alpha value is -0.890. The second-order valence-corrected chi connectivity index (χ2v) is 4.28. The molecular formula is C12H20N2. The highest BCUT2D eigenvalue weighted by Gasteiger charge is 2.01. The number of pyridine rings is 1. The lowest BCUT2D eigenvalue weighted by Gasteiger charge is -2.17. The Kier molecular flexibility index (Phi) is 4.60. The first-order valence-corrected chi connectivity index (χ1v) is 5.26. The van der Waals surface area contributed by atoms with E-state index in [2.05, 4.69) is 36.8 Å². The summed E-state index contributed by atoms with van der Waals surface area (Å²) in [6.45, 7) is 6.68. The van der Waals surface area contributed by atoms with Crippen molar-refractivity contribution in [1.29, 1.82) is 0 Å². The Morgan fingerprint density at radius 2 is 2.21 bits per heavy atom. The zero-order valence-corrected chi connectivity index (χ0v) is 9.40. The van der Waals surface area contributed by atoms with E-state index in [9.17, 15) is 0 Å². The minimum Gasteiger partial charge on any atom is -0.302 e. The minimum absolute atomic E-state index is 0.784. The zero-order valence-electron chi connectivity index (χ0n) is 9.40. The summed E-state index contributed by atoms with van der Waals surface area (Å²) in [6, 6.07) is 4.12. The van der Waals surface area contributed by atoms with Crippen molar-refractivity contribution in [2.75, 3.05) is 13.6 Å². The highest BCUT2D eigenvalue weighted by atomic mass is 15.1. The van der Waals surface area contributed by atoms with Gasteiger partial charge in [-0.2, -0.15) is 0 Å². The third kappa shape index (κ3) is 4.38. The van der Waals surface area contributed by atoms with Crippen LogP contribution in [0, 0.1) is 5.92 Å². The van der Waals surface area contributed by atoms with Crippen molar-refractivity contribution in [2.24, 2.45) is 5.92 Å². The number of rotatable bonds is 5. The normalized spacial score (nSPS) is 11.2. The van der Waals surface area contributed by atoms with Gasteiger partial charge in [0.15, 0.2) is 0 Å². The van der Waals surface area contributed by atoms with Crippen LogP contribution in [0.5, 0.6) is 0 Å². The second-order valence-electron chi connectivity index (χ2n) is 4.28. The van der Waals surface area contributed by atoms with E-state index in [0.29, 0.717) is 0 Å². The summed E-state index contributed by atoms with van der Waals surface area (Å²) < 4.78 is 0. The van der Waals surface area contributed by atoms with Crippen LogP contribution in [0.1, 0.15) is 25.8 Å². The van der Waals surface area contributed by atoms with Gasteiger partial charge in [0.1, 0.15) is 0 Å². The molecule has 0 aliphatic carbocycles. The van der Waals surface area contributed by atoms with Gasteiger partial charge in [-0.3, -0.25) is 4.98 Å². The third-order valence-corrected chi connectivity index (χ3v) is 2.26. The first-order chi connectivity index (χ1) is 6.68. The van der Waals surface area contributed by atoms with Crippen molar-refractivity contribution < 1.29 is 0 Å². The molecule has 0 atom stereocenters. The average molecular weight is 192 g/mol. The van der Waals surface area contributed by atoms with Crippen molar-refractivity contribution in [2.45, 2.75) is 26.8 Å². The van der Waals surface area contributed by atoms with Crippen LogP contribution in [-0.2, 0) is 6.54 Å². The summed E-state index contributed by atoms with van der Waals surface area (Å²) in [6.07, 6.45) is 5.01. The van der Waals surface area contributed by atoms with Gasteiger partial charge in [0.25, 0.3) is 0 Å². The van der Waals surface area contributed by atoms with Gasteiger partial charge in [-0.05, 0) is 37.6 Å². The maximum Gasteiger partial charge on any atom is 0.0312 e. The van der Waals surface area contributed by atoms with E-state index < -0.39 is 0 Å². The predicted octanol–water partition coefficient (Wildman–Crippen LogP) is 2.56. The summed E-state index contributed by atoms with van der Waals surface area (Å²) in [5.74, 6) is 0.784. The fraction of sp³-hybridized carbons (Fsp3) is 0.583. The van der Waals surface area contributed by atoms with Crippen molar-refractivity contribution in [3.05, 3.63) is 30.1 Å². The van der Waals surface area contributed by atoms with Gasteiger partial charge in [-0.15, -0.1) is 0 Å². The standard InChI is InChI=1S/C12H20N2/c1-11(2)6-8-14(3)10-12-5-4-7-13-9-12/h4-5,7,9,11H,6,8,10H2,1-3H3. The molecule has 1 aromatic heterocycles. The molecular weight excluding hydrogens is 172 g/mol. The number of nitrogens with zero attached hydrogens (tertiary/aromatic N) is 2. The highest BCUT2D eigenvalue weighted by molar-refractivity contribution is 5.07. The summed E-state index contributed by atoms with van der Waals surface area (Å²) >= 11 is 0. The van der Waals surface area contributed by atoms with E-state index in [1.165, 1.54) is 12.0 Å². The molecule has 0 spiro atoms. The lowest BCUT2D eigenvalue weighted by Crippen LogP contribution is -2.20. The van der Waals surface area contributed by atoms with E-state index >= 15 is 0 Å². The summed E-state index contributed by atoms with van der Waals surface area (Å²) in [7, 11) is 2.16. The van der Waals surface area contributed by atoms with Gasteiger partial charge in [-0.1, -0.05) is 19.9 Å². The van der Waals surface area contributed by atoms with E-state index in [-0.39, 0.29) is 0 Å². The van der Waals surface area contributed by atoms with Crippen molar-refractivity contribution in [1.82, 2.24) is 9.88 Å². The molecule has 0 aliphatic rings. The topological polar surface area (TPSA) is 16.1 Å². The summed E-state index contributed by atoms with van der Waals surface area (Å²) in [5.41, 5.74) is 1.29. The monoisotopic (exact) mass is 192 g/mol. The molecule has 0 amide bonds. The molecule has 1 heterocycles. The molecule has 2 nitrogen and oxygen atoms in total. The zero-order chi connectivity index (χ0) is 10.4. The average Bonchev–Trinajstić information content (AvgIpc) is 2.16. The fourth-order valence-corrected chi connectivity index (χ4v) is 1.36. The summed E-state index contributed by atoms with van der Waals surface area (Å²) in [4.78, 5) is 6.45. The Morgan fingerprint density at radius 3 is 2.79 bits per heavy atom. The van der Waals surface area contributed by atoms with E-state index in [1.54, 1.807) is 0 Å². The van der Waals surface area contributed by atoms with Crippen LogP contribution in [0.25, 0.3) is 0 Å². The number of aromatic nitrogens is 1. The number of hydrogen-bond donors (Lipinski definition) is 0. The SMILES string of the molecule is CC(C)CCN(C)Cc1cccnc1. The largest absolute Gasteiger partial charge is 0.302 e. The van der Waals surface area contributed by atoms with Crippen LogP contribution in [0.15, 0.2) is 24.5 Å². The molecule has 0 saturated heterocycles. The maximum atomic E-state index is 4.11. The van der Waals surface area contributed by atoms with Crippen LogP contribution in [-0.4, -0.2) is 23.5 Å². The molecule has 2 heteroatoms. The van der Waals surface area contributed by atoms with E-state index in [0.717, 1.165) is 19.0 Å². The molecule has 0 aromatic carbocycles. The fourth-order valence-electron chi connectivity index (χ4n) is 1.36. The quantitative estimate of drug-likeness (QED) is 0.712. The lowest BCUT2D eigenvalue weighted by molar-refractivity contribution is 0.303. The van der Waals surface area contributed by atoms with E-state index in [1.807, 2.05) is 18.5 Å². The van der Waals surface area contributed by atoms with Crippen LogP contribution < -0.4 is 0 Å². The Morgan fingerprint density at radius 1 is 1.43 bits per heavy atom. The van der Waals surface area contributed by atoms with Gasteiger partial charge in [-0.25, -0.2) is 0 Å². The lowest BCUT2D eigenvalue weighted by atomic mass is 10.1. The van der Waals surface area contributed by atoms with E-state index in [4.69, 9.17) is 0 Å². The molecule has 0 bridgehead atoms. The molecule has 1 aromatic rings. The smallest absolute Gasteiger partial charge is 0.0312 e. The van der Waals surface area contributed by atoms with Crippen LogP contribution in [0.3, 0.4) is 0 Å². The van der Waals surface area contributed by atoms with Crippen LogP contribution >= 0.6 is 0 Å². The molecule has 0 radical (unpaired) electrons. The Labute approximate surface area is 87.0 Å². The van der Waals surface area contributed by atoms with Gasteiger partial charge < -0.3 is 4.90 Å². The third-order valence-electron chi connectivity index (χ3n) is 2.26. The Bertz CT molecular complexity index is 244. The van der Waals surface area contributed by atoms with Gasteiger partial charge in [0, 0.05) is 18.9 Å². The molecule has 0 saturated carbocycles.